The molecule has 0 aromatic heterocycles. The van der Waals surface area contributed by atoms with Crippen molar-refractivity contribution in [1.82, 2.24) is 15.1 Å². The fraction of sp³-hybridized carbons (Fsp3) is 0.600. The molecular formula is C20H29N3O3. The first-order chi connectivity index (χ1) is 12.5. The van der Waals surface area contributed by atoms with Gasteiger partial charge in [0.1, 0.15) is 0 Å². The molecule has 3 rings (SSSR count). The van der Waals surface area contributed by atoms with E-state index in [-0.39, 0.29) is 24.0 Å². The highest BCUT2D eigenvalue weighted by Gasteiger charge is 2.23. The van der Waals surface area contributed by atoms with E-state index in [0.717, 1.165) is 50.1 Å². The standard InChI is InChI=1S/C20H29N3O3/c1-15-12-22(13-16(2)26-15)14-19(24)21-11-17-5-7-18(8-6-17)20(25)23-9-3-4-10-23/h5-8,15-16H,3-4,9-14H2,1-2H3,(H,21,24)/t15-,16-/m0/s1. The van der Waals surface area contributed by atoms with Crippen LogP contribution in [0.1, 0.15) is 42.6 Å². The van der Waals surface area contributed by atoms with E-state index in [1.54, 1.807) is 0 Å². The Bertz CT molecular complexity index is 616. The van der Waals surface area contributed by atoms with Crippen molar-refractivity contribution in [1.29, 1.82) is 0 Å². The van der Waals surface area contributed by atoms with Gasteiger partial charge in [0.25, 0.3) is 5.91 Å². The molecule has 0 radical (unpaired) electrons. The molecule has 0 saturated carbocycles. The van der Waals surface area contributed by atoms with Gasteiger partial charge in [-0.25, -0.2) is 0 Å². The summed E-state index contributed by atoms with van der Waals surface area (Å²) in [5, 5.41) is 2.96. The molecule has 0 bridgehead atoms. The molecule has 2 fully saturated rings. The van der Waals surface area contributed by atoms with Crippen molar-refractivity contribution in [3.8, 4) is 0 Å². The van der Waals surface area contributed by atoms with E-state index in [9.17, 15) is 9.59 Å². The molecule has 1 N–H and O–H groups in total. The van der Waals surface area contributed by atoms with Crippen molar-refractivity contribution in [2.24, 2.45) is 0 Å². The van der Waals surface area contributed by atoms with E-state index in [1.165, 1.54) is 0 Å². The van der Waals surface area contributed by atoms with Crippen molar-refractivity contribution < 1.29 is 14.3 Å². The predicted octanol–water partition coefficient (Wildman–Crippen LogP) is 1.65. The minimum absolute atomic E-state index is 0.0171. The van der Waals surface area contributed by atoms with Crippen LogP contribution < -0.4 is 5.32 Å². The second-order valence-corrected chi connectivity index (χ2v) is 7.42. The van der Waals surface area contributed by atoms with E-state index >= 15 is 0 Å². The van der Waals surface area contributed by atoms with Crippen LogP contribution in [-0.2, 0) is 16.1 Å². The maximum Gasteiger partial charge on any atom is 0.253 e. The fourth-order valence-electron chi connectivity index (χ4n) is 3.74. The van der Waals surface area contributed by atoms with E-state index in [2.05, 4.69) is 10.2 Å². The Balaban J connectivity index is 1.45. The van der Waals surface area contributed by atoms with E-state index in [1.807, 2.05) is 43.0 Å². The summed E-state index contributed by atoms with van der Waals surface area (Å²) in [5.41, 5.74) is 1.72. The van der Waals surface area contributed by atoms with Crippen LogP contribution in [0.5, 0.6) is 0 Å². The SMILES string of the molecule is C[C@H]1CN(CC(=O)NCc2ccc(C(=O)N3CCCC3)cc2)C[C@H](C)O1. The van der Waals surface area contributed by atoms with Gasteiger partial charge in [0.15, 0.2) is 0 Å². The van der Waals surface area contributed by atoms with Gasteiger partial charge in [-0.05, 0) is 44.4 Å². The number of amides is 2. The Labute approximate surface area is 155 Å². The third kappa shape index (κ3) is 5.05. The summed E-state index contributed by atoms with van der Waals surface area (Å²) in [6.45, 7) is 8.22. The van der Waals surface area contributed by atoms with E-state index in [0.29, 0.717) is 13.1 Å². The molecule has 6 nitrogen and oxygen atoms in total. The number of carbonyl (C=O) groups is 2. The molecule has 0 aliphatic carbocycles. The Hall–Kier alpha value is -1.92. The average Bonchev–Trinajstić information content (AvgIpc) is 3.13. The molecule has 0 unspecified atom stereocenters. The van der Waals surface area contributed by atoms with Gasteiger partial charge in [-0.2, -0.15) is 0 Å². The van der Waals surface area contributed by atoms with Gasteiger partial charge in [-0.15, -0.1) is 0 Å². The number of nitrogens with zero attached hydrogens (tertiary/aromatic N) is 2. The molecule has 1 aromatic rings. The van der Waals surface area contributed by atoms with E-state index in [4.69, 9.17) is 4.74 Å². The van der Waals surface area contributed by atoms with Crippen molar-refractivity contribution >= 4 is 11.8 Å². The molecule has 142 valence electrons. The van der Waals surface area contributed by atoms with Gasteiger partial charge in [0, 0.05) is 38.3 Å². The van der Waals surface area contributed by atoms with Crippen molar-refractivity contribution in [2.45, 2.75) is 45.4 Å². The maximum atomic E-state index is 12.3. The molecule has 2 aliphatic heterocycles. The smallest absolute Gasteiger partial charge is 0.253 e. The molecule has 1 aromatic carbocycles. The van der Waals surface area contributed by atoms with Crippen molar-refractivity contribution in [3.63, 3.8) is 0 Å². The van der Waals surface area contributed by atoms with Crippen LogP contribution in [0.4, 0.5) is 0 Å². The van der Waals surface area contributed by atoms with Gasteiger partial charge >= 0.3 is 0 Å². The van der Waals surface area contributed by atoms with Crippen LogP contribution >= 0.6 is 0 Å². The third-order valence-corrected chi connectivity index (χ3v) is 4.95. The summed E-state index contributed by atoms with van der Waals surface area (Å²) in [4.78, 5) is 28.6. The molecule has 2 heterocycles. The average molecular weight is 359 g/mol. The second-order valence-electron chi connectivity index (χ2n) is 7.42. The molecular weight excluding hydrogens is 330 g/mol. The van der Waals surface area contributed by atoms with Crippen LogP contribution in [-0.4, -0.2) is 66.5 Å². The zero-order valence-corrected chi connectivity index (χ0v) is 15.7. The number of hydrogen-bond acceptors (Lipinski definition) is 4. The first-order valence-electron chi connectivity index (χ1n) is 9.54. The summed E-state index contributed by atoms with van der Waals surface area (Å²) in [6.07, 6.45) is 2.51. The molecule has 2 saturated heterocycles. The molecule has 0 spiro atoms. The lowest BCUT2D eigenvalue weighted by Gasteiger charge is -2.34. The summed E-state index contributed by atoms with van der Waals surface area (Å²) >= 11 is 0. The number of likely N-dealkylation sites (tertiary alicyclic amines) is 1. The minimum atomic E-state index is 0.0171. The molecule has 6 heteroatoms. The fourth-order valence-corrected chi connectivity index (χ4v) is 3.74. The number of nitrogens with one attached hydrogen (secondary N) is 1. The first-order valence-corrected chi connectivity index (χ1v) is 9.54. The minimum Gasteiger partial charge on any atom is -0.373 e. The Kier molecular flexibility index (Phi) is 6.27. The third-order valence-electron chi connectivity index (χ3n) is 4.95. The molecule has 2 amide bonds. The highest BCUT2D eigenvalue weighted by Crippen LogP contribution is 2.14. The summed E-state index contributed by atoms with van der Waals surface area (Å²) in [5.74, 6) is 0.122. The highest BCUT2D eigenvalue weighted by molar-refractivity contribution is 5.94. The van der Waals surface area contributed by atoms with Crippen LogP contribution in [0.15, 0.2) is 24.3 Å². The van der Waals surface area contributed by atoms with Gasteiger partial charge in [-0.1, -0.05) is 12.1 Å². The first kappa shape index (κ1) is 18.9. The second kappa shape index (κ2) is 8.64. The number of benzene rings is 1. The quantitative estimate of drug-likeness (QED) is 0.868. The van der Waals surface area contributed by atoms with Crippen LogP contribution in [0.2, 0.25) is 0 Å². The Morgan fingerprint density at radius 2 is 1.69 bits per heavy atom. The normalized spacial score (nSPS) is 23.8. The summed E-state index contributed by atoms with van der Waals surface area (Å²) < 4.78 is 5.69. The molecule has 2 atom stereocenters. The lowest BCUT2D eigenvalue weighted by Crippen LogP contribution is -2.49. The lowest BCUT2D eigenvalue weighted by molar-refractivity contribution is -0.126. The van der Waals surface area contributed by atoms with Crippen LogP contribution in [0, 0.1) is 0 Å². The summed E-state index contributed by atoms with van der Waals surface area (Å²) in [7, 11) is 0. The lowest BCUT2D eigenvalue weighted by atomic mass is 10.1. The van der Waals surface area contributed by atoms with Gasteiger partial charge in [0.05, 0.1) is 18.8 Å². The zero-order valence-electron chi connectivity index (χ0n) is 15.7. The predicted molar refractivity (Wildman–Crippen MR) is 99.9 cm³/mol. The van der Waals surface area contributed by atoms with Gasteiger partial charge in [-0.3, -0.25) is 14.5 Å². The van der Waals surface area contributed by atoms with Crippen LogP contribution in [0.25, 0.3) is 0 Å². The van der Waals surface area contributed by atoms with E-state index < -0.39 is 0 Å². The number of hydrogen-bond donors (Lipinski definition) is 1. The van der Waals surface area contributed by atoms with Crippen LogP contribution in [0.3, 0.4) is 0 Å². The van der Waals surface area contributed by atoms with Crippen molar-refractivity contribution in [2.75, 3.05) is 32.7 Å². The number of carbonyl (C=O) groups excluding carboxylic acids is 2. The zero-order chi connectivity index (χ0) is 18.5. The number of morpholine rings is 1. The number of ether oxygens (including phenoxy) is 1. The Morgan fingerprint density at radius 1 is 1.08 bits per heavy atom. The largest absolute Gasteiger partial charge is 0.373 e. The summed E-state index contributed by atoms with van der Waals surface area (Å²) in [6, 6.07) is 7.55. The van der Waals surface area contributed by atoms with Gasteiger partial charge in [0.2, 0.25) is 5.91 Å². The molecule has 2 aliphatic rings. The van der Waals surface area contributed by atoms with Crippen molar-refractivity contribution in [3.05, 3.63) is 35.4 Å². The highest BCUT2D eigenvalue weighted by atomic mass is 16.5. The topological polar surface area (TPSA) is 61.9 Å². The van der Waals surface area contributed by atoms with Gasteiger partial charge < -0.3 is 15.0 Å². The Morgan fingerprint density at radius 3 is 2.31 bits per heavy atom. The number of rotatable bonds is 5. The monoisotopic (exact) mass is 359 g/mol. The molecule has 26 heavy (non-hydrogen) atoms. The maximum absolute atomic E-state index is 12.3.